The van der Waals surface area contributed by atoms with Crippen LogP contribution in [0.25, 0.3) is 0 Å². The minimum Gasteiger partial charge on any atom is -0.481 e. The zero-order valence-electron chi connectivity index (χ0n) is 20.0. The second-order valence-corrected chi connectivity index (χ2v) is 9.56. The van der Waals surface area contributed by atoms with E-state index >= 15 is 0 Å². The Hall–Kier alpha value is -3.63. The number of likely N-dealkylation sites (tertiary alicyclic amines) is 1. The molecule has 1 fully saturated rings. The molecule has 5 nitrogen and oxygen atoms in total. The lowest BCUT2D eigenvalue weighted by molar-refractivity contribution is -0.143. The fourth-order valence-electron chi connectivity index (χ4n) is 5.26. The summed E-state index contributed by atoms with van der Waals surface area (Å²) in [5.74, 6) is -2.31. The first-order chi connectivity index (χ1) is 17.8. The number of allylic oxidation sites excluding steroid dienone is 1. The lowest BCUT2D eigenvalue weighted by Crippen LogP contribution is -2.51. The molecule has 2 aliphatic rings. The zero-order chi connectivity index (χ0) is 27.7. The monoisotopic (exact) mass is 538 g/mol. The second-order valence-electron chi connectivity index (χ2n) is 9.56. The number of hydrogen-bond donors (Lipinski definition) is 1. The van der Waals surface area contributed by atoms with E-state index in [9.17, 15) is 41.0 Å². The van der Waals surface area contributed by atoms with Crippen molar-refractivity contribution >= 4 is 18.1 Å². The van der Waals surface area contributed by atoms with Gasteiger partial charge in [-0.25, -0.2) is 0 Å². The molecule has 11 heteroatoms. The molecule has 38 heavy (non-hydrogen) atoms. The molecule has 202 valence electrons. The molecular weight excluding hydrogens is 514 g/mol. The Bertz CT molecular complexity index is 1210. The molecule has 2 aliphatic heterocycles. The average Bonchev–Trinajstić information content (AvgIpc) is 3.32. The Morgan fingerprint density at radius 2 is 1.63 bits per heavy atom. The molecule has 2 heterocycles. The molecule has 1 amide bonds. The molecule has 0 radical (unpaired) electrons. The lowest BCUT2D eigenvalue weighted by atomic mass is 9.73. The Kier molecular flexibility index (Phi) is 7.40. The van der Waals surface area contributed by atoms with Gasteiger partial charge in [0.2, 0.25) is 0 Å². The number of rotatable bonds is 6. The van der Waals surface area contributed by atoms with E-state index in [1.165, 1.54) is 11.1 Å². The van der Waals surface area contributed by atoms with Crippen LogP contribution >= 0.6 is 0 Å². The van der Waals surface area contributed by atoms with E-state index in [0.717, 1.165) is 5.56 Å². The van der Waals surface area contributed by atoms with Crippen molar-refractivity contribution in [3.8, 4) is 0 Å². The maximum absolute atomic E-state index is 13.5. The Balaban J connectivity index is 1.70. The van der Waals surface area contributed by atoms with Crippen molar-refractivity contribution in [3.05, 3.63) is 82.9 Å². The van der Waals surface area contributed by atoms with E-state index in [0.29, 0.717) is 12.1 Å². The summed E-state index contributed by atoms with van der Waals surface area (Å²) in [5.41, 5.74) is -4.04. The van der Waals surface area contributed by atoms with Crippen LogP contribution in [0.3, 0.4) is 0 Å². The SMILES string of the molecule is O=C(O)CC1(C2CCN(C(=O)c3cc(C(F)(F)F)cc(C(F)(F)F)c3)C(Cc3ccccc3)C2)C=CC=N1. The minimum atomic E-state index is -5.08. The molecular formula is C27H24F6N2O3. The highest BCUT2D eigenvalue weighted by atomic mass is 19.4. The third kappa shape index (κ3) is 5.92. The zero-order valence-corrected chi connectivity index (χ0v) is 20.0. The number of nitrogens with zero attached hydrogens (tertiary/aromatic N) is 2. The van der Waals surface area contributed by atoms with Gasteiger partial charge in [-0.2, -0.15) is 26.3 Å². The van der Waals surface area contributed by atoms with Crippen LogP contribution in [-0.2, 0) is 23.6 Å². The summed E-state index contributed by atoms with van der Waals surface area (Å²) >= 11 is 0. The number of carboxylic acids is 1. The highest BCUT2D eigenvalue weighted by Gasteiger charge is 2.45. The van der Waals surface area contributed by atoms with Gasteiger partial charge in [0.25, 0.3) is 5.91 Å². The number of benzene rings is 2. The standard InChI is InChI=1S/C27H24F6N2O3/c28-26(29,30)20-12-18(13-21(14-20)27(31,32)33)24(38)35-10-7-19(25(16-23(36)37)8-4-9-34-25)15-22(35)11-17-5-2-1-3-6-17/h1-6,8-9,12-14,19,22H,7,10-11,15-16H2,(H,36,37). The number of alkyl halides is 6. The summed E-state index contributed by atoms with van der Waals surface area (Å²) in [4.78, 5) is 30.8. The Morgan fingerprint density at radius 1 is 1.00 bits per heavy atom. The number of hydrogen-bond acceptors (Lipinski definition) is 3. The van der Waals surface area contributed by atoms with Gasteiger partial charge in [0.05, 0.1) is 23.1 Å². The van der Waals surface area contributed by atoms with Gasteiger partial charge in [-0.15, -0.1) is 0 Å². The summed E-state index contributed by atoms with van der Waals surface area (Å²) in [6.45, 7) is 0.0172. The summed E-state index contributed by atoms with van der Waals surface area (Å²) in [7, 11) is 0. The highest BCUT2D eigenvalue weighted by Crippen LogP contribution is 2.41. The topological polar surface area (TPSA) is 70.0 Å². The van der Waals surface area contributed by atoms with E-state index in [-0.39, 0.29) is 44.2 Å². The van der Waals surface area contributed by atoms with Crippen LogP contribution in [0.5, 0.6) is 0 Å². The minimum absolute atomic E-state index is 0.00937. The van der Waals surface area contributed by atoms with E-state index in [2.05, 4.69) is 4.99 Å². The number of carbonyl (C=O) groups is 2. The molecule has 0 saturated carbocycles. The van der Waals surface area contributed by atoms with Gasteiger partial charge in [0, 0.05) is 24.4 Å². The third-order valence-electron chi connectivity index (χ3n) is 7.05. The maximum atomic E-state index is 13.5. The van der Waals surface area contributed by atoms with E-state index in [1.54, 1.807) is 42.5 Å². The first-order valence-corrected chi connectivity index (χ1v) is 11.9. The summed E-state index contributed by atoms with van der Waals surface area (Å²) < 4.78 is 80.5. The van der Waals surface area contributed by atoms with Gasteiger partial charge in [-0.3, -0.25) is 14.6 Å². The van der Waals surface area contributed by atoms with Gasteiger partial charge in [0.1, 0.15) is 0 Å². The van der Waals surface area contributed by atoms with Crippen LogP contribution < -0.4 is 0 Å². The molecule has 1 saturated heterocycles. The highest BCUT2D eigenvalue weighted by molar-refractivity contribution is 5.95. The maximum Gasteiger partial charge on any atom is 0.416 e. The van der Waals surface area contributed by atoms with Gasteiger partial charge in [-0.1, -0.05) is 36.4 Å². The van der Waals surface area contributed by atoms with Gasteiger partial charge in [0.15, 0.2) is 0 Å². The molecule has 1 N–H and O–H groups in total. The average molecular weight is 538 g/mol. The fourth-order valence-corrected chi connectivity index (χ4v) is 5.26. The third-order valence-corrected chi connectivity index (χ3v) is 7.05. The van der Waals surface area contributed by atoms with Crippen molar-refractivity contribution < 1.29 is 41.0 Å². The fraction of sp³-hybridized carbons (Fsp3) is 0.370. The molecule has 0 spiro atoms. The van der Waals surface area contributed by atoms with Crippen molar-refractivity contribution in [3.63, 3.8) is 0 Å². The Labute approximate surface area is 214 Å². The van der Waals surface area contributed by atoms with Crippen LogP contribution in [0.2, 0.25) is 0 Å². The smallest absolute Gasteiger partial charge is 0.416 e. The number of aliphatic carboxylic acids is 1. The van der Waals surface area contributed by atoms with Gasteiger partial charge >= 0.3 is 18.3 Å². The predicted octanol–water partition coefficient (Wildman–Crippen LogP) is 6.04. The molecule has 3 unspecified atom stereocenters. The normalized spacial score (nSPS) is 23.6. The summed E-state index contributed by atoms with van der Waals surface area (Å²) in [6, 6.07) is 9.22. The van der Waals surface area contributed by atoms with E-state index in [1.807, 2.05) is 0 Å². The summed E-state index contributed by atoms with van der Waals surface area (Å²) in [6.07, 6.45) is -4.76. The first kappa shape index (κ1) is 27.4. The first-order valence-electron chi connectivity index (χ1n) is 11.9. The number of amides is 1. The quantitative estimate of drug-likeness (QED) is 0.456. The van der Waals surface area contributed by atoms with E-state index < -0.39 is 52.5 Å². The molecule has 4 rings (SSSR count). The largest absolute Gasteiger partial charge is 0.481 e. The van der Waals surface area contributed by atoms with Gasteiger partial charge < -0.3 is 10.0 Å². The van der Waals surface area contributed by atoms with Gasteiger partial charge in [-0.05, 0) is 55.0 Å². The molecule has 0 bridgehead atoms. The Morgan fingerprint density at radius 3 is 2.16 bits per heavy atom. The number of carboxylic acid groups (broad SMARTS) is 1. The molecule has 2 aromatic carbocycles. The van der Waals surface area contributed by atoms with Crippen molar-refractivity contribution in [1.82, 2.24) is 4.90 Å². The van der Waals surface area contributed by atoms with Crippen molar-refractivity contribution in [1.29, 1.82) is 0 Å². The number of aliphatic imine (C=N–C) groups is 1. The lowest BCUT2D eigenvalue weighted by Gasteiger charge is -2.44. The molecule has 0 aliphatic carbocycles. The predicted molar refractivity (Wildman–Crippen MR) is 127 cm³/mol. The van der Waals surface area contributed by atoms with Crippen molar-refractivity contribution in [2.45, 2.75) is 49.6 Å². The van der Waals surface area contributed by atoms with Crippen LogP contribution in [0.15, 0.2) is 65.7 Å². The second kappa shape index (κ2) is 10.3. The molecule has 2 aromatic rings. The van der Waals surface area contributed by atoms with Crippen LogP contribution in [0.4, 0.5) is 26.3 Å². The van der Waals surface area contributed by atoms with Crippen molar-refractivity contribution in [2.75, 3.05) is 6.54 Å². The number of piperidine rings is 1. The van der Waals surface area contributed by atoms with Crippen LogP contribution in [0.1, 0.15) is 46.3 Å². The number of carbonyl (C=O) groups excluding carboxylic acids is 1. The number of halogens is 6. The molecule has 0 aromatic heterocycles. The van der Waals surface area contributed by atoms with Crippen LogP contribution in [0, 0.1) is 5.92 Å². The van der Waals surface area contributed by atoms with Crippen LogP contribution in [-0.4, -0.2) is 46.2 Å². The molecule has 3 atom stereocenters. The van der Waals surface area contributed by atoms with E-state index in [4.69, 9.17) is 0 Å². The summed E-state index contributed by atoms with van der Waals surface area (Å²) in [5, 5.41) is 9.49. The van der Waals surface area contributed by atoms with Crippen molar-refractivity contribution in [2.24, 2.45) is 10.9 Å².